The van der Waals surface area contributed by atoms with E-state index >= 15 is 0 Å². The van der Waals surface area contributed by atoms with E-state index in [4.69, 9.17) is 16.3 Å². The van der Waals surface area contributed by atoms with Gasteiger partial charge in [0.15, 0.2) is 5.96 Å². The number of benzene rings is 1. The Kier molecular flexibility index (Phi) is 6.29. The summed E-state index contributed by atoms with van der Waals surface area (Å²) < 4.78 is 5.72. The average Bonchev–Trinajstić information content (AvgIpc) is 2.49. The molecule has 116 valence electrons. The van der Waals surface area contributed by atoms with Gasteiger partial charge in [-0.05, 0) is 18.7 Å². The molecule has 1 atom stereocenters. The van der Waals surface area contributed by atoms with Gasteiger partial charge in [0.05, 0.1) is 12.7 Å². The van der Waals surface area contributed by atoms with Crippen LogP contribution in [-0.4, -0.2) is 57.3 Å². The van der Waals surface area contributed by atoms with Crippen molar-refractivity contribution in [2.75, 3.05) is 40.3 Å². The number of nitrogens with zero attached hydrogens (tertiary/aromatic N) is 2. The lowest BCUT2D eigenvalue weighted by atomic mass is 10.2. The minimum Gasteiger partial charge on any atom is -0.374 e. The summed E-state index contributed by atoms with van der Waals surface area (Å²) in [7, 11) is 3.87. The second kappa shape index (κ2) is 8.22. The summed E-state index contributed by atoms with van der Waals surface area (Å²) in [6.07, 6.45) is 0.197. The molecule has 21 heavy (non-hydrogen) atoms. The Bertz CT molecular complexity index is 480. The molecular weight excluding hydrogens is 288 g/mol. The smallest absolute Gasteiger partial charge is 0.191 e. The maximum absolute atomic E-state index is 6.14. The van der Waals surface area contributed by atoms with E-state index in [0.29, 0.717) is 6.54 Å². The zero-order chi connectivity index (χ0) is 15.1. The minimum atomic E-state index is 0.197. The number of morpholine rings is 1. The van der Waals surface area contributed by atoms with Gasteiger partial charge in [0.1, 0.15) is 0 Å². The van der Waals surface area contributed by atoms with E-state index < -0.39 is 0 Å². The molecule has 2 N–H and O–H groups in total. The third kappa shape index (κ3) is 5.19. The van der Waals surface area contributed by atoms with E-state index in [-0.39, 0.29) is 6.10 Å². The Hall–Kier alpha value is -1.30. The highest BCUT2D eigenvalue weighted by Crippen LogP contribution is 2.14. The molecule has 0 radical (unpaired) electrons. The van der Waals surface area contributed by atoms with Crippen molar-refractivity contribution >= 4 is 17.6 Å². The van der Waals surface area contributed by atoms with E-state index in [1.54, 1.807) is 7.05 Å². The molecule has 0 aliphatic carbocycles. The maximum Gasteiger partial charge on any atom is 0.191 e. The molecule has 0 saturated carbocycles. The van der Waals surface area contributed by atoms with Gasteiger partial charge in [-0.1, -0.05) is 29.8 Å². The molecule has 6 heteroatoms. The second-order valence-corrected chi connectivity index (χ2v) is 5.56. The van der Waals surface area contributed by atoms with Crippen molar-refractivity contribution in [2.45, 2.75) is 12.6 Å². The van der Waals surface area contributed by atoms with E-state index in [2.05, 4.69) is 27.6 Å². The topological polar surface area (TPSA) is 48.9 Å². The first-order chi connectivity index (χ1) is 10.2. The molecule has 2 rings (SSSR count). The molecule has 0 amide bonds. The predicted octanol–water partition coefficient (Wildman–Crippen LogP) is 1.34. The summed E-state index contributed by atoms with van der Waals surface area (Å²) in [5.41, 5.74) is 1.05. The fraction of sp³-hybridized carbons (Fsp3) is 0.533. The van der Waals surface area contributed by atoms with Gasteiger partial charge in [-0.3, -0.25) is 4.99 Å². The number of likely N-dealkylation sites (N-methyl/N-ethyl adjacent to an activating group) is 1. The monoisotopic (exact) mass is 310 g/mol. The number of halogens is 1. The molecule has 0 aromatic heterocycles. The minimum absolute atomic E-state index is 0.197. The largest absolute Gasteiger partial charge is 0.374 e. The highest BCUT2D eigenvalue weighted by atomic mass is 35.5. The van der Waals surface area contributed by atoms with Crippen LogP contribution in [0, 0.1) is 0 Å². The van der Waals surface area contributed by atoms with Crippen LogP contribution in [0.3, 0.4) is 0 Å². The van der Waals surface area contributed by atoms with Crippen LogP contribution in [0.1, 0.15) is 5.56 Å². The first-order valence-corrected chi connectivity index (χ1v) is 7.55. The van der Waals surface area contributed by atoms with Gasteiger partial charge in [-0.25, -0.2) is 0 Å². The molecule has 0 spiro atoms. The van der Waals surface area contributed by atoms with Crippen molar-refractivity contribution in [3.8, 4) is 0 Å². The quantitative estimate of drug-likeness (QED) is 0.651. The predicted molar refractivity (Wildman–Crippen MR) is 86.9 cm³/mol. The van der Waals surface area contributed by atoms with Crippen LogP contribution in [0.2, 0.25) is 5.02 Å². The number of hydrogen-bond donors (Lipinski definition) is 2. The highest BCUT2D eigenvalue weighted by molar-refractivity contribution is 6.31. The summed E-state index contributed by atoms with van der Waals surface area (Å²) in [5.74, 6) is 0.756. The Morgan fingerprint density at radius 1 is 1.43 bits per heavy atom. The molecule has 1 aromatic rings. The van der Waals surface area contributed by atoms with Gasteiger partial charge in [0.2, 0.25) is 0 Å². The summed E-state index contributed by atoms with van der Waals surface area (Å²) >= 11 is 6.14. The van der Waals surface area contributed by atoms with Gasteiger partial charge in [0, 0.05) is 38.2 Å². The number of aliphatic imine (C=N–C) groups is 1. The lowest BCUT2D eigenvalue weighted by Crippen LogP contribution is -2.48. The van der Waals surface area contributed by atoms with E-state index in [0.717, 1.165) is 42.8 Å². The molecule has 5 nitrogen and oxygen atoms in total. The fourth-order valence-electron chi connectivity index (χ4n) is 2.24. The number of rotatable bonds is 4. The zero-order valence-corrected chi connectivity index (χ0v) is 13.4. The molecule has 1 unspecified atom stereocenters. The van der Waals surface area contributed by atoms with Crippen molar-refractivity contribution in [3.05, 3.63) is 34.9 Å². The van der Waals surface area contributed by atoms with Gasteiger partial charge in [-0.15, -0.1) is 0 Å². The van der Waals surface area contributed by atoms with Crippen LogP contribution in [0.4, 0.5) is 0 Å². The molecular formula is C15H23ClN4O. The van der Waals surface area contributed by atoms with Crippen LogP contribution < -0.4 is 10.6 Å². The summed E-state index contributed by atoms with van der Waals surface area (Å²) in [4.78, 5) is 6.49. The zero-order valence-electron chi connectivity index (χ0n) is 12.6. The highest BCUT2D eigenvalue weighted by Gasteiger charge is 2.17. The number of nitrogens with one attached hydrogen (secondary N) is 2. The van der Waals surface area contributed by atoms with Crippen molar-refractivity contribution in [3.63, 3.8) is 0 Å². The Balaban J connectivity index is 1.77. The van der Waals surface area contributed by atoms with Crippen molar-refractivity contribution in [1.29, 1.82) is 0 Å². The average molecular weight is 311 g/mol. The van der Waals surface area contributed by atoms with E-state index in [1.807, 2.05) is 24.3 Å². The van der Waals surface area contributed by atoms with Crippen LogP contribution in [0.15, 0.2) is 29.3 Å². The lowest BCUT2D eigenvalue weighted by molar-refractivity contribution is -0.0161. The Morgan fingerprint density at radius 3 is 2.95 bits per heavy atom. The van der Waals surface area contributed by atoms with Crippen molar-refractivity contribution < 1.29 is 4.74 Å². The molecule has 1 aliphatic rings. The molecule has 0 bridgehead atoms. The summed E-state index contributed by atoms with van der Waals surface area (Å²) in [6.45, 7) is 4.11. The van der Waals surface area contributed by atoms with Gasteiger partial charge in [-0.2, -0.15) is 0 Å². The molecule has 1 saturated heterocycles. The SMILES string of the molecule is CN=C(NCc1ccccc1Cl)NCC1CN(C)CCO1. The first-order valence-electron chi connectivity index (χ1n) is 7.17. The summed E-state index contributed by atoms with van der Waals surface area (Å²) in [6, 6.07) is 7.79. The third-order valence-corrected chi connectivity index (χ3v) is 3.84. The van der Waals surface area contributed by atoms with Crippen molar-refractivity contribution in [1.82, 2.24) is 15.5 Å². The number of hydrogen-bond acceptors (Lipinski definition) is 3. The standard InChI is InChI=1S/C15H23ClN4O/c1-17-15(18-9-12-5-3-4-6-14(12)16)19-10-13-11-20(2)7-8-21-13/h3-6,13H,7-11H2,1-2H3,(H2,17,18,19). The normalized spacial score (nSPS) is 20.3. The van der Waals surface area contributed by atoms with Gasteiger partial charge in [0.25, 0.3) is 0 Å². The van der Waals surface area contributed by atoms with Crippen LogP contribution in [0.25, 0.3) is 0 Å². The van der Waals surface area contributed by atoms with Gasteiger partial charge < -0.3 is 20.3 Å². The van der Waals surface area contributed by atoms with Crippen LogP contribution >= 0.6 is 11.6 Å². The fourth-order valence-corrected chi connectivity index (χ4v) is 2.44. The lowest BCUT2D eigenvalue weighted by Gasteiger charge is -2.30. The summed E-state index contributed by atoms with van der Waals surface area (Å²) in [5, 5.41) is 7.32. The third-order valence-electron chi connectivity index (χ3n) is 3.47. The second-order valence-electron chi connectivity index (χ2n) is 5.15. The number of guanidine groups is 1. The maximum atomic E-state index is 6.14. The number of ether oxygens (including phenoxy) is 1. The Morgan fingerprint density at radius 2 is 2.24 bits per heavy atom. The molecule has 1 aromatic carbocycles. The van der Waals surface area contributed by atoms with Crippen LogP contribution in [0.5, 0.6) is 0 Å². The van der Waals surface area contributed by atoms with Gasteiger partial charge >= 0.3 is 0 Å². The van der Waals surface area contributed by atoms with E-state index in [9.17, 15) is 0 Å². The molecule has 1 heterocycles. The van der Waals surface area contributed by atoms with Crippen LogP contribution in [-0.2, 0) is 11.3 Å². The Labute approximate surface area is 131 Å². The molecule has 1 aliphatic heterocycles. The van der Waals surface area contributed by atoms with Crippen molar-refractivity contribution in [2.24, 2.45) is 4.99 Å². The first kappa shape index (κ1) is 16.1. The molecule has 1 fully saturated rings. The van der Waals surface area contributed by atoms with E-state index in [1.165, 1.54) is 0 Å².